The normalized spacial score (nSPS) is 10.1. The molecule has 1 aromatic carbocycles. The second-order valence-electron chi connectivity index (χ2n) is 2.70. The predicted octanol–water partition coefficient (Wildman–Crippen LogP) is 0.585. The summed E-state index contributed by atoms with van der Waals surface area (Å²) >= 11 is 0. The third-order valence-electron chi connectivity index (χ3n) is 1.57. The lowest BCUT2D eigenvalue weighted by molar-refractivity contribution is 0.0343. The van der Waals surface area contributed by atoms with Crippen molar-refractivity contribution in [3.05, 3.63) is 35.4 Å². The lowest BCUT2D eigenvalue weighted by atomic mass is 10.2. The minimum absolute atomic E-state index is 0.0223. The van der Waals surface area contributed by atoms with Gasteiger partial charge < -0.3 is 5.73 Å². The number of benzene rings is 1. The highest BCUT2D eigenvalue weighted by molar-refractivity contribution is 5.93. The Balaban J connectivity index is 2.62. The number of hydroxylamine groups is 1. The summed E-state index contributed by atoms with van der Waals surface area (Å²) in [6.45, 7) is 0.396. The van der Waals surface area contributed by atoms with Gasteiger partial charge in [-0.1, -0.05) is 0 Å². The van der Waals surface area contributed by atoms with Gasteiger partial charge in [-0.2, -0.15) is 0 Å². The highest BCUT2D eigenvalue weighted by Gasteiger charge is 2.09. The monoisotopic (exact) mass is 216 g/mol. The third kappa shape index (κ3) is 3.26. The van der Waals surface area contributed by atoms with Gasteiger partial charge in [0.25, 0.3) is 5.91 Å². The smallest absolute Gasteiger partial charge is 0.274 e. The predicted molar refractivity (Wildman–Crippen MR) is 48.8 cm³/mol. The molecule has 0 aliphatic carbocycles. The molecule has 4 nitrogen and oxygen atoms in total. The second-order valence-corrected chi connectivity index (χ2v) is 2.70. The Kier molecular flexibility index (Phi) is 4.14. The summed E-state index contributed by atoms with van der Waals surface area (Å²) in [5.74, 6) is -2.74. The maximum Gasteiger partial charge on any atom is 0.274 e. The van der Waals surface area contributed by atoms with Crippen LogP contribution in [-0.2, 0) is 4.84 Å². The molecular formula is C9H10F2N2O2. The molecule has 0 saturated carbocycles. The molecule has 0 unspecified atom stereocenters. The zero-order valence-corrected chi connectivity index (χ0v) is 7.80. The number of nitrogens with two attached hydrogens (primary N) is 1. The third-order valence-corrected chi connectivity index (χ3v) is 1.57. The van der Waals surface area contributed by atoms with Gasteiger partial charge in [0.15, 0.2) is 11.6 Å². The summed E-state index contributed by atoms with van der Waals surface area (Å²) < 4.78 is 25.2. The van der Waals surface area contributed by atoms with Crippen LogP contribution in [-0.4, -0.2) is 19.1 Å². The fourth-order valence-electron chi connectivity index (χ4n) is 0.872. The van der Waals surface area contributed by atoms with E-state index in [4.69, 9.17) is 5.73 Å². The Labute approximate surface area is 85.0 Å². The van der Waals surface area contributed by atoms with Gasteiger partial charge >= 0.3 is 0 Å². The van der Waals surface area contributed by atoms with E-state index < -0.39 is 17.5 Å². The van der Waals surface area contributed by atoms with Crippen LogP contribution in [0.2, 0.25) is 0 Å². The molecule has 1 rings (SSSR count). The highest BCUT2D eigenvalue weighted by Crippen LogP contribution is 2.08. The molecule has 6 heteroatoms. The molecule has 0 aliphatic rings. The number of rotatable bonds is 4. The van der Waals surface area contributed by atoms with Crippen LogP contribution < -0.4 is 11.2 Å². The molecule has 1 amide bonds. The standard InChI is InChI=1S/C9H10F2N2O2/c10-7-2-1-6(5-8(7)11)9(14)13-15-4-3-12/h1-2,5H,3-4,12H2,(H,13,14). The molecule has 0 bridgehead atoms. The first-order valence-corrected chi connectivity index (χ1v) is 4.22. The SMILES string of the molecule is NCCONC(=O)c1ccc(F)c(F)c1. The maximum absolute atomic E-state index is 12.7. The van der Waals surface area contributed by atoms with Crippen molar-refractivity contribution in [2.75, 3.05) is 13.2 Å². The van der Waals surface area contributed by atoms with Gasteiger partial charge in [-0.05, 0) is 18.2 Å². The van der Waals surface area contributed by atoms with Gasteiger partial charge in [0.1, 0.15) is 0 Å². The molecule has 1 aromatic rings. The van der Waals surface area contributed by atoms with Crippen molar-refractivity contribution < 1.29 is 18.4 Å². The van der Waals surface area contributed by atoms with Crippen molar-refractivity contribution in [2.45, 2.75) is 0 Å². The molecule has 0 aromatic heterocycles. The maximum atomic E-state index is 12.7. The molecule has 82 valence electrons. The van der Waals surface area contributed by atoms with Crippen molar-refractivity contribution in [2.24, 2.45) is 5.73 Å². The number of amides is 1. The van der Waals surface area contributed by atoms with Crippen molar-refractivity contribution in [3.8, 4) is 0 Å². The average Bonchev–Trinajstić information content (AvgIpc) is 2.22. The molecule has 0 radical (unpaired) electrons. The summed E-state index contributed by atoms with van der Waals surface area (Å²) in [4.78, 5) is 15.8. The van der Waals surface area contributed by atoms with E-state index in [1.165, 1.54) is 0 Å². The molecule has 0 heterocycles. The van der Waals surface area contributed by atoms with Crippen molar-refractivity contribution in [1.82, 2.24) is 5.48 Å². The van der Waals surface area contributed by atoms with Gasteiger partial charge in [0, 0.05) is 12.1 Å². The molecule has 0 spiro atoms. The molecule has 3 N–H and O–H groups in total. The van der Waals surface area contributed by atoms with E-state index in [1.54, 1.807) is 0 Å². The van der Waals surface area contributed by atoms with Crippen LogP contribution >= 0.6 is 0 Å². The van der Waals surface area contributed by atoms with Crippen LogP contribution in [0.3, 0.4) is 0 Å². The second kappa shape index (κ2) is 5.38. The lowest BCUT2D eigenvalue weighted by Gasteiger charge is -2.04. The Morgan fingerprint density at radius 2 is 2.13 bits per heavy atom. The summed E-state index contributed by atoms with van der Waals surface area (Å²) in [6.07, 6.45) is 0. The Morgan fingerprint density at radius 1 is 1.40 bits per heavy atom. The van der Waals surface area contributed by atoms with Crippen molar-refractivity contribution in [3.63, 3.8) is 0 Å². The van der Waals surface area contributed by atoms with E-state index in [9.17, 15) is 13.6 Å². The first-order chi connectivity index (χ1) is 7.15. The van der Waals surface area contributed by atoms with Crippen LogP contribution in [0.4, 0.5) is 8.78 Å². The Hall–Kier alpha value is -1.53. The van der Waals surface area contributed by atoms with Gasteiger partial charge in [-0.3, -0.25) is 9.63 Å². The van der Waals surface area contributed by atoms with Gasteiger partial charge in [0.2, 0.25) is 0 Å². The van der Waals surface area contributed by atoms with Gasteiger partial charge in [0.05, 0.1) is 6.61 Å². The van der Waals surface area contributed by atoms with Gasteiger partial charge in [-0.25, -0.2) is 14.3 Å². The van der Waals surface area contributed by atoms with E-state index >= 15 is 0 Å². The first kappa shape index (κ1) is 11.5. The number of halogens is 2. The number of carbonyl (C=O) groups excluding carboxylic acids is 1. The Morgan fingerprint density at radius 3 is 2.73 bits per heavy atom. The van der Waals surface area contributed by atoms with E-state index in [2.05, 4.69) is 4.84 Å². The Bertz CT molecular complexity index is 358. The minimum atomic E-state index is -1.08. The fourth-order valence-corrected chi connectivity index (χ4v) is 0.872. The van der Waals surface area contributed by atoms with Crippen LogP contribution in [0, 0.1) is 11.6 Å². The van der Waals surface area contributed by atoms with Crippen LogP contribution in [0.25, 0.3) is 0 Å². The minimum Gasteiger partial charge on any atom is -0.328 e. The summed E-state index contributed by atoms with van der Waals surface area (Å²) in [6, 6.07) is 2.81. The summed E-state index contributed by atoms with van der Waals surface area (Å²) in [5, 5.41) is 0. The highest BCUT2D eigenvalue weighted by atomic mass is 19.2. The van der Waals surface area contributed by atoms with E-state index in [0.29, 0.717) is 0 Å². The molecular weight excluding hydrogens is 206 g/mol. The molecule has 15 heavy (non-hydrogen) atoms. The topological polar surface area (TPSA) is 64.3 Å². The zero-order chi connectivity index (χ0) is 11.3. The van der Waals surface area contributed by atoms with E-state index in [1.807, 2.05) is 5.48 Å². The van der Waals surface area contributed by atoms with Crippen LogP contribution in [0.5, 0.6) is 0 Å². The van der Waals surface area contributed by atoms with Gasteiger partial charge in [-0.15, -0.1) is 0 Å². The quantitative estimate of drug-likeness (QED) is 0.571. The van der Waals surface area contributed by atoms with E-state index in [-0.39, 0.29) is 18.7 Å². The number of nitrogens with one attached hydrogen (secondary N) is 1. The molecule has 0 aliphatic heterocycles. The van der Waals surface area contributed by atoms with Crippen molar-refractivity contribution >= 4 is 5.91 Å². The molecule has 0 fully saturated rings. The van der Waals surface area contributed by atoms with Crippen LogP contribution in [0.15, 0.2) is 18.2 Å². The largest absolute Gasteiger partial charge is 0.328 e. The zero-order valence-electron chi connectivity index (χ0n) is 7.80. The summed E-state index contributed by atoms with van der Waals surface area (Å²) in [5.41, 5.74) is 7.13. The van der Waals surface area contributed by atoms with Crippen molar-refractivity contribution in [1.29, 1.82) is 0 Å². The molecule has 0 saturated heterocycles. The van der Waals surface area contributed by atoms with E-state index in [0.717, 1.165) is 18.2 Å². The number of hydrogen-bond acceptors (Lipinski definition) is 3. The first-order valence-electron chi connectivity index (χ1n) is 4.22. The summed E-state index contributed by atoms with van der Waals surface area (Å²) in [7, 11) is 0. The fraction of sp³-hybridized carbons (Fsp3) is 0.222. The lowest BCUT2D eigenvalue weighted by Crippen LogP contribution is -2.26. The average molecular weight is 216 g/mol. The number of hydrogen-bond donors (Lipinski definition) is 2. The van der Waals surface area contributed by atoms with Crippen LogP contribution in [0.1, 0.15) is 10.4 Å². The molecule has 0 atom stereocenters. The number of carbonyl (C=O) groups is 1.